The zero-order chi connectivity index (χ0) is 12.0. The summed E-state index contributed by atoms with van der Waals surface area (Å²) in [6.07, 6.45) is 0.476. The van der Waals surface area contributed by atoms with Gasteiger partial charge in [-0.2, -0.15) is 0 Å². The number of carbonyl (C=O) groups excluding carboxylic acids is 1. The van der Waals surface area contributed by atoms with Crippen LogP contribution in [-0.2, 0) is 9.59 Å². The number of rotatable bonds is 6. The van der Waals surface area contributed by atoms with Crippen molar-refractivity contribution in [1.29, 1.82) is 0 Å². The molecular weight excluding hydrogens is 196 g/mol. The number of amides is 1. The molecule has 88 valence electrons. The number of carboxylic acid groups (broad SMARTS) is 1. The van der Waals surface area contributed by atoms with Gasteiger partial charge in [-0.1, -0.05) is 13.8 Å². The number of carboxylic acids is 1. The predicted octanol–water partition coefficient (Wildman–Crippen LogP) is 0.339. The van der Waals surface area contributed by atoms with Crippen molar-refractivity contribution >= 4 is 11.9 Å². The Balaban J connectivity index is 3.90. The van der Waals surface area contributed by atoms with Crippen molar-refractivity contribution in [2.45, 2.75) is 45.7 Å². The largest absolute Gasteiger partial charge is 0.481 e. The summed E-state index contributed by atoms with van der Waals surface area (Å²) >= 11 is 0. The molecule has 0 saturated carbocycles. The van der Waals surface area contributed by atoms with Crippen LogP contribution in [-0.4, -0.2) is 29.1 Å². The van der Waals surface area contributed by atoms with Crippen molar-refractivity contribution in [1.82, 2.24) is 5.32 Å². The zero-order valence-corrected chi connectivity index (χ0v) is 9.49. The van der Waals surface area contributed by atoms with E-state index in [0.29, 0.717) is 6.42 Å². The Morgan fingerprint density at radius 3 is 2.27 bits per heavy atom. The molecule has 0 rings (SSSR count). The molecular formula is C10H20N2O3. The van der Waals surface area contributed by atoms with Crippen molar-refractivity contribution in [2.24, 2.45) is 11.7 Å². The first-order valence-electron chi connectivity index (χ1n) is 5.12. The monoisotopic (exact) mass is 216 g/mol. The fraction of sp³-hybridized carbons (Fsp3) is 0.800. The van der Waals surface area contributed by atoms with Crippen LogP contribution in [0.4, 0.5) is 0 Å². The van der Waals surface area contributed by atoms with Gasteiger partial charge in [-0.05, 0) is 19.3 Å². The van der Waals surface area contributed by atoms with E-state index in [1.807, 2.05) is 13.8 Å². The van der Waals surface area contributed by atoms with E-state index < -0.39 is 12.0 Å². The van der Waals surface area contributed by atoms with E-state index in [2.05, 4.69) is 5.32 Å². The normalized spacial score (nSPS) is 14.7. The number of hydrogen-bond donors (Lipinski definition) is 3. The molecule has 4 N–H and O–H groups in total. The molecule has 0 radical (unpaired) electrons. The summed E-state index contributed by atoms with van der Waals surface area (Å²) in [5.74, 6) is -0.996. The molecule has 0 fully saturated rings. The van der Waals surface area contributed by atoms with Gasteiger partial charge < -0.3 is 16.2 Å². The quantitative estimate of drug-likeness (QED) is 0.597. The standard InChI is InChI=1S/C10H20N2O3/c1-6(2)9(11)10(15)12-7(3)4-5-8(13)14/h6-7,9H,4-5,11H2,1-3H3,(H,12,15)(H,13,14)/t7?,9-/m1/s1. The Kier molecular flexibility index (Phi) is 5.93. The summed E-state index contributed by atoms with van der Waals surface area (Å²) in [4.78, 5) is 21.8. The van der Waals surface area contributed by atoms with Crippen LogP contribution >= 0.6 is 0 Å². The summed E-state index contributed by atoms with van der Waals surface area (Å²) in [6.45, 7) is 5.51. The first kappa shape index (κ1) is 13.9. The van der Waals surface area contributed by atoms with Gasteiger partial charge in [0, 0.05) is 12.5 Å². The van der Waals surface area contributed by atoms with Gasteiger partial charge in [0.25, 0.3) is 0 Å². The zero-order valence-electron chi connectivity index (χ0n) is 9.49. The second-order valence-electron chi connectivity index (χ2n) is 4.11. The lowest BCUT2D eigenvalue weighted by Crippen LogP contribution is -2.47. The third-order valence-electron chi connectivity index (χ3n) is 2.20. The van der Waals surface area contributed by atoms with Crippen molar-refractivity contribution in [3.63, 3.8) is 0 Å². The van der Waals surface area contributed by atoms with Gasteiger partial charge in [0.1, 0.15) is 0 Å². The maximum absolute atomic E-state index is 11.5. The predicted molar refractivity (Wildman–Crippen MR) is 57.3 cm³/mol. The Morgan fingerprint density at radius 2 is 1.87 bits per heavy atom. The molecule has 1 unspecified atom stereocenters. The lowest BCUT2D eigenvalue weighted by Gasteiger charge is -2.19. The molecule has 0 aromatic carbocycles. The molecule has 0 aromatic rings. The van der Waals surface area contributed by atoms with Gasteiger partial charge in [-0.15, -0.1) is 0 Å². The van der Waals surface area contributed by atoms with Crippen molar-refractivity contribution in [3.05, 3.63) is 0 Å². The third-order valence-corrected chi connectivity index (χ3v) is 2.20. The van der Waals surface area contributed by atoms with Crippen molar-refractivity contribution in [2.75, 3.05) is 0 Å². The molecule has 0 spiro atoms. The van der Waals surface area contributed by atoms with Crippen LogP contribution in [0.3, 0.4) is 0 Å². The van der Waals surface area contributed by atoms with Crippen LogP contribution in [0.5, 0.6) is 0 Å². The lowest BCUT2D eigenvalue weighted by molar-refractivity contribution is -0.137. The van der Waals surface area contributed by atoms with Crippen LogP contribution in [0.1, 0.15) is 33.6 Å². The summed E-state index contributed by atoms with van der Waals surface area (Å²) < 4.78 is 0. The molecule has 0 heterocycles. The molecule has 0 aliphatic heterocycles. The van der Waals surface area contributed by atoms with E-state index in [9.17, 15) is 9.59 Å². The smallest absolute Gasteiger partial charge is 0.303 e. The minimum atomic E-state index is -0.857. The maximum Gasteiger partial charge on any atom is 0.303 e. The second kappa shape index (κ2) is 6.40. The summed E-state index contributed by atoms with van der Waals surface area (Å²) in [6, 6.07) is -0.685. The number of aliphatic carboxylic acids is 1. The van der Waals surface area contributed by atoms with Gasteiger partial charge in [0.2, 0.25) is 5.91 Å². The average molecular weight is 216 g/mol. The van der Waals surface area contributed by atoms with Gasteiger partial charge in [-0.25, -0.2) is 0 Å². The summed E-state index contributed by atoms with van der Waals surface area (Å²) in [5.41, 5.74) is 5.64. The fourth-order valence-corrected chi connectivity index (χ4v) is 1.05. The molecule has 0 aliphatic rings. The van der Waals surface area contributed by atoms with Gasteiger partial charge >= 0.3 is 5.97 Å². The Labute approximate surface area is 90.0 Å². The number of carbonyl (C=O) groups is 2. The van der Waals surface area contributed by atoms with Gasteiger partial charge in [0.05, 0.1) is 6.04 Å². The third kappa shape index (κ3) is 6.06. The number of nitrogens with one attached hydrogen (secondary N) is 1. The number of nitrogens with two attached hydrogens (primary N) is 1. The molecule has 0 aromatic heterocycles. The highest BCUT2D eigenvalue weighted by Gasteiger charge is 2.18. The molecule has 15 heavy (non-hydrogen) atoms. The van der Waals surface area contributed by atoms with Crippen LogP contribution < -0.4 is 11.1 Å². The molecule has 2 atom stereocenters. The maximum atomic E-state index is 11.5. The van der Waals surface area contributed by atoms with Crippen LogP contribution in [0.25, 0.3) is 0 Å². The minimum Gasteiger partial charge on any atom is -0.481 e. The Bertz CT molecular complexity index is 229. The van der Waals surface area contributed by atoms with E-state index in [-0.39, 0.29) is 24.3 Å². The highest BCUT2D eigenvalue weighted by molar-refractivity contribution is 5.82. The first-order valence-corrected chi connectivity index (χ1v) is 5.12. The minimum absolute atomic E-state index is 0.0539. The Hall–Kier alpha value is -1.10. The van der Waals surface area contributed by atoms with Gasteiger partial charge in [-0.3, -0.25) is 9.59 Å². The van der Waals surface area contributed by atoms with Crippen molar-refractivity contribution < 1.29 is 14.7 Å². The lowest BCUT2D eigenvalue weighted by atomic mass is 10.0. The van der Waals surface area contributed by atoms with Crippen molar-refractivity contribution in [3.8, 4) is 0 Å². The molecule has 0 aliphatic carbocycles. The fourth-order valence-electron chi connectivity index (χ4n) is 1.05. The van der Waals surface area contributed by atoms with E-state index in [4.69, 9.17) is 10.8 Å². The molecule has 1 amide bonds. The summed E-state index contributed by atoms with van der Waals surface area (Å²) in [5, 5.41) is 11.1. The molecule has 0 bridgehead atoms. The SMILES string of the molecule is CC(CCC(=O)O)NC(=O)[C@H](N)C(C)C. The first-order chi connectivity index (χ1) is 6.84. The molecule has 5 nitrogen and oxygen atoms in total. The van der Waals surface area contributed by atoms with E-state index in [1.54, 1.807) is 6.92 Å². The highest BCUT2D eigenvalue weighted by Crippen LogP contribution is 2.01. The van der Waals surface area contributed by atoms with E-state index in [0.717, 1.165) is 0 Å². The second-order valence-corrected chi connectivity index (χ2v) is 4.11. The molecule has 5 heteroatoms. The molecule has 0 saturated heterocycles. The topological polar surface area (TPSA) is 92.4 Å². The van der Waals surface area contributed by atoms with Crippen LogP contribution in [0.2, 0.25) is 0 Å². The van der Waals surface area contributed by atoms with Crippen LogP contribution in [0, 0.1) is 5.92 Å². The van der Waals surface area contributed by atoms with Crippen LogP contribution in [0.15, 0.2) is 0 Å². The number of hydrogen-bond acceptors (Lipinski definition) is 3. The average Bonchev–Trinajstić information content (AvgIpc) is 2.13. The highest BCUT2D eigenvalue weighted by atomic mass is 16.4. The van der Waals surface area contributed by atoms with Gasteiger partial charge in [0.15, 0.2) is 0 Å². The van der Waals surface area contributed by atoms with E-state index in [1.165, 1.54) is 0 Å². The Morgan fingerprint density at radius 1 is 1.33 bits per heavy atom. The summed E-state index contributed by atoms with van der Waals surface area (Å²) in [7, 11) is 0. The van der Waals surface area contributed by atoms with E-state index >= 15 is 0 Å².